The molecule has 1 aliphatic carbocycles. The van der Waals surface area contributed by atoms with Crippen LogP contribution in [0.3, 0.4) is 0 Å². The average Bonchev–Trinajstić information content (AvgIpc) is 3.56. The van der Waals surface area contributed by atoms with Gasteiger partial charge in [0.1, 0.15) is 5.69 Å². The number of carbonyl (C=O) groups excluding carboxylic acids is 2. The lowest BCUT2D eigenvalue weighted by Gasteiger charge is -2.24. The largest absolute Gasteiger partial charge is 0.477 e. The predicted molar refractivity (Wildman–Crippen MR) is 140 cm³/mol. The lowest BCUT2D eigenvalue weighted by molar-refractivity contribution is -0.126. The molecule has 2 amide bonds. The molecule has 2 N–H and O–H groups in total. The smallest absolute Gasteiger partial charge is 0.280 e. The molecular formula is C24H27N7O5S2. The lowest BCUT2D eigenvalue weighted by atomic mass is 9.95. The fraction of sp³-hybridized carbons (Fsp3) is 0.417. The van der Waals surface area contributed by atoms with Gasteiger partial charge in [0, 0.05) is 38.3 Å². The molecule has 0 unspecified atom stereocenters. The predicted octanol–water partition coefficient (Wildman–Crippen LogP) is 2.25. The van der Waals surface area contributed by atoms with E-state index in [2.05, 4.69) is 30.0 Å². The standard InChI is InChI=1S/C24H27N7O5S2/c1-3-36-20-12-25-10-18(28-20)19-11-27-24(37-19)23(33)29-22(14-8-21(32)31(2)13-14)17-9-15(6-7-26-17)30-38(34,35)16-4-5-16/h6-7,9-12,14,16,22H,3-5,8,13H2,1-2H3,(H,26,30)(H,29,33)/t14-,22-/m1/s1. The van der Waals surface area contributed by atoms with Crippen LogP contribution in [0, 0.1) is 5.92 Å². The summed E-state index contributed by atoms with van der Waals surface area (Å²) in [6, 6.07) is 2.53. The van der Waals surface area contributed by atoms with Crippen LogP contribution in [0.25, 0.3) is 10.6 Å². The van der Waals surface area contributed by atoms with E-state index in [1.807, 2.05) is 6.92 Å². The van der Waals surface area contributed by atoms with Crippen molar-refractivity contribution in [3.63, 3.8) is 0 Å². The van der Waals surface area contributed by atoms with Gasteiger partial charge < -0.3 is 15.0 Å². The molecule has 14 heteroatoms. The summed E-state index contributed by atoms with van der Waals surface area (Å²) < 4.78 is 32.9. The van der Waals surface area contributed by atoms with Gasteiger partial charge in [-0.25, -0.2) is 18.4 Å². The Kier molecular flexibility index (Phi) is 7.25. The molecule has 0 radical (unpaired) electrons. The Morgan fingerprint density at radius 2 is 2.08 bits per heavy atom. The number of rotatable bonds is 10. The number of amides is 2. The van der Waals surface area contributed by atoms with Crippen LogP contribution in [0.1, 0.15) is 47.7 Å². The zero-order valence-electron chi connectivity index (χ0n) is 20.8. The molecule has 3 aromatic heterocycles. The molecule has 1 aliphatic heterocycles. The van der Waals surface area contributed by atoms with Gasteiger partial charge in [0.25, 0.3) is 5.91 Å². The minimum Gasteiger partial charge on any atom is -0.477 e. The van der Waals surface area contributed by atoms with E-state index in [4.69, 9.17) is 4.74 Å². The highest BCUT2D eigenvalue weighted by molar-refractivity contribution is 7.93. The molecule has 0 spiro atoms. The number of anilines is 1. The molecular weight excluding hydrogens is 530 g/mol. The zero-order chi connectivity index (χ0) is 26.9. The molecule has 0 aromatic carbocycles. The first kappa shape index (κ1) is 26.0. The highest BCUT2D eigenvalue weighted by Crippen LogP contribution is 2.33. The summed E-state index contributed by atoms with van der Waals surface area (Å²) in [6.07, 6.45) is 7.62. The third kappa shape index (κ3) is 5.75. The third-order valence-corrected chi connectivity index (χ3v) is 9.20. The first-order valence-electron chi connectivity index (χ1n) is 12.2. The van der Waals surface area contributed by atoms with Gasteiger partial charge in [-0.2, -0.15) is 0 Å². The quantitative estimate of drug-likeness (QED) is 0.382. The van der Waals surface area contributed by atoms with Crippen molar-refractivity contribution < 1.29 is 22.7 Å². The number of hydrogen-bond acceptors (Lipinski definition) is 10. The molecule has 2 atom stereocenters. The Bertz CT molecular complexity index is 1460. The first-order valence-corrected chi connectivity index (χ1v) is 14.5. The van der Waals surface area contributed by atoms with Gasteiger partial charge in [-0.05, 0) is 31.9 Å². The summed E-state index contributed by atoms with van der Waals surface area (Å²) in [4.78, 5) is 45.1. The average molecular weight is 558 g/mol. The molecule has 38 heavy (non-hydrogen) atoms. The first-order chi connectivity index (χ1) is 18.2. The van der Waals surface area contributed by atoms with Crippen LogP contribution in [0.15, 0.2) is 36.9 Å². The van der Waals surface area contributed by atoms with Crippen LogP contribution < -0.4 is 14.8 Å². The van der Waals surface area contributed by atoms with Crippen molar-refractivity contribution in [3.05, 3.63) is 47.6 Å². The molecule has 12 nitrogen and oxygen atoms in total. The topological polar surface area (TPSA) is 156 Å². The van der Waals surface area contributed by atoms with E-state index in [1.165, 1.54) is 12.4 Å². The number of sulfonamides is 1. The normalized spacial score (nSPS) is 18.3. The van der Waals surface area contributed by atoms with Crippen LogP contribution in [-0.2, 0) is 14.8 Å². The summed E-state index contributed by atoms with van der Waals surface area (Å²) in [7, 11) is -1.76. The van der Waals surface area contributed by atoms with Crippen LogP contribution in [-0.4, -0.2) is 70.5 Å². The molecule has 3 aromatic rings. The van der Waals surface area contributed by atoms with Crippen molar-refractivity contribution in [1.29, 1.82) is 0 Å². The van der Waals surface area contributed by atoms with Gasteiger partial charge in [0.05, 0.1) is 46.6 Å². The Balaban J connectivity index is 1.39. The highest BCUT2D eigenvalue weighted by Gasteiger charge is 2.37. The molecule has 0 bridgehead atoms. The van der Waals surface area contributed by atoms with Crippen molar-refractivity contribution in [2.24, 2.45) is 5.92 Å². The highest BCUT2D eigenvalue weighted by atomic mass is 32.2. The summed E-state index contributed by atoms with van der Waals surface area (Å²) in [6.45, 7) is 2.72. The van der Waals surface area contributed by atoms with Crippen molar-refractivity contribution in [2.75, 3.05) is 24.9 Å². The fourth-order valence-electron chi connectivity index (χ4n) is 4.25. The maximum absolute atomic E-state index is 13.3. The third-order valence-electron chi connectivity index (χ3n) is 6.31. The van der Waals surface area contributed by atoms with Crippen molar-refractivity contribution in [1.82, 2.24) is 30.2 Å². The molecule has 1 saturated heterocycles. The Hall–Kier alpha value is -3.65. The number of likely N-dealkylation sites (tertiary alicyclic amines) is 1. The van der Waals surface area contributed by atoms with E-state index >= 15 is 0 Å². The minimum absolute atomic E-state index is 0.0378. The number of nitrogens with one attached hydrogen (secondary N) is 2. The van der Waals surface area contributed by atoms with Crippen LogP contribution in [0.2, 0.25) is 0 Å². The Labute approximate surface area is 223 Å². The van der Waals surface area contributed by atoms with Gasteiger partial charge >= 0.3 is 0 Å². The van der Waals surface area contributed by atoms with E-state index < -0.39 is 22.0 Å². The van der Waals surface area contributed by atoms with Gasteiger partial charge in [0.15, 0.2) is 5.01 Å². The second-order valence-electron chi connectivity index (χ2n) is 9.21. The molecule has 4 heterocycles. The number of hydrogen-bond donors (Lipinski definition) is 2. The van der Waals surface area contributed by atoms with Gasteiger partial charge in [-0.1, -0.05) is 0 Å². The number of pyridine rings is 1. The summed E-state index contributed by atoms with van der Waals surface area (Å²) in [5.41, 5.74) is 1.35. The van der Waals surface area contributed by atoms with Gasteiger partial charge in [-0.15, -0.1) is 11.3 Å². The summed E-state index contributed by atoms with van der Waals surface area (Å²) in [5.74, 6) is -0.354. The van der Waals surface area contributed by atoms with Crippen molar-refractivity contribution >= 4 is 38.9 Å². The summed E-state index contributed by atoms with van der Waals surface area (Å²) >= 11 is 1.15. The van der Waals surface area contributed by atoms with Crippen LogP contribution in [0.4, 0.5) is 5.69 Å². The molecule has 200 valence electrons. The molecule has 2 fully saturated rings. The van der Waals surface area contributed by atoms with Crippen molar-refractivity contribution in [3.8, 4) is 16.5 Å². The second-order valence-corrected chi connectivity index (χ2v) is 12.2. The summed E-state index contributed by atoms with van der Waals surface area (Å²) in [5, 5.41) is 2.81. The maximum atomic E-state index is 13.3. The van der Waals surface area contributed by atoms with E-state index in [0.29, 0.717) is 53.8 Å². The number of aromatic nitrogens is 4. The lowest BCUT2D eigenvalue weighted by Crippen LogP contribution is -2.35. The van der Waals surface area contributed by atoms with E-state index in [9.17, 15) is 18.0 Å². The zero-order valence-corrected chi connectivity index (χ0v) is 22.5. The molecule has 5 rings (SSSR count). The maximum Gasteiger partial charge on any atom is 0.280 e. The number of carbonyl (C=O) groups is 2. The van der Waals surface area contributed by atoms with E-state index in [-0.39, 0.29) is 28.5 Å². The van der Waals surface area contributed by atoms with Gasteiger partial charge in [-0.3, -0.25) is 24.3 Å². The second kappa shape index (κ2) is 10.6. The van der Waals surface area contributed by atoms with E-state index in [0.717, 1.165) is 11.3 Å². The van der Waals surface area contributed by atoms with Crippen LogP contribution in [0.5, 0.6) is 5.88 Å². The number of ether oxygens (including phenoxy) is 1. The Morgan fingerprint density at radius 3 is 2.79 bits per heavy atom. The van der Waals surface area contributed by atoms with E-state index in [1.54, 1.807) is 36.5 Å². The molecule has 1 saturated carbocycles. The number of nitrogens with zero attached hydrogens (tertiary/aromatic N) is 5. The SMILES string of the molecule is CCOc1cncc(-c2cnc(C(=O)N[C@@H](c3cc(NS(=O)(=O)C4CC4)ccn3)[C@@H]3CC(=O)N(C)C3)s2)n1. The number of thiazole rings is 1. The fourth-order valence-corrected chi connectivity index (χ4v) is 6.40. The Morgan fingerprint density at radius 1 is 1.26 bits per heavy atom. The minimum atomic E-state index is -3.47. The molecule has 2 aliphatic rings. The monoisotopic (exact) mass is 557 g/mol. The van der Waals surface area contributed by atoms with Crippen LogP contribution >= 0.6 is 11.3 Å². The van der Waals surface area contributed by atoms with Gasteiger partial charge in [0.2, 0.25) is 21.8 Å². The van der Waals surface area contributed by atoms with Crippen molar-refractivity contribution in [2.45, 2.75) is 37.5 Å².